The van der Waals surface area contributed by atoms with Gasteiger partial charge < -0.3 is 0 Å². The van der Waals surface area contributed by atoms with Crippen molar-refractivity contribution in [3.8, 4) is 6.07 Å². The fourth-order valence-corrected chi connectivity index (χ4v) is 5.71. The van der Waals surface area contributed by atoms with Gasteiger partial charge in [0, 0.05) is 0 Å². The summed E-state index contributed by atoms with van der Waals surface area (Å²) < 4.78 is 0. The quantitative estimate of drug-likeness (QED) is 0.457. The molecular weight excluding hydrogens is 326 g/mol. The lowest BCUT2D eigenvalue weighted by Gasteiger charge is -2.41. The molecule has 0 radical (unpaired) electrons. The fourth-order valence-electron chi connectivity index (χ4n) is 5.71. The summed E-state index contributed by atoms with van der Waals surface area (Å²) in [5.41, 5.74) is 2.48. The number of nitriles is 1. The van der Waals surface area contributed by atoms with Crippen LogP contribution in [0.1, 0.15) is 102 Å². The van der Waals surface area contributed by atoms with Crippen LogP contribution >= 0.6 is 0 Å². The molecule has 2 aliphatic rings. The van der Waals surface area contributed by atoms with Crippen LogP contribution in [0.5, 0.6) is 0 Å². The van der Waals surface area contributed by atoms with E-state index in [1.54, 1.807) is 0 Å². The van der Waals surface area contributed by atoms with Gasteiger partial charge in [0.1, 0.15) is 0 Å². The molecule has 2 aliphatic carbocycles. The van der Waals surface area contributed by atoms with Crippen LogP contribution in [0.2, 0.25) is 0 Å². The van der Waals surface area contributed by atoms with Crippen molar-refractivity contribution in [3.63, 3.8) is 0 Å². The average Bonchev–Trinajstić information content (AvgIpc) is 2.74. The van der Waals surface area contributed by atoms with Crippen molar-refractivity contribution in [3.05, 3.63) is 35.4 Å². The smallest absolute Gasteiger partial charge is 0.0822 e. The third-order valence-electron chi connectivity index (χ3n) is 7.81. The van der Waals surface area contributed by atoms with Gasteiger partial charge in [-0.2, -0.15) is 5.26 Å². The predicted octanol–water partition coefficient (Wildman–Crippen LogP) is 7.59. The second-order valence-electron chi connectivity index (χ2n) is 9.37. The monoisotopic (exact) mass is 365 g/mol. The van der Waals surface area contributed by atoms with Crippen LogP contribution < -0.4 is 0 Å². The number of unbranched alkanes of at least 4 members (excludes halogenated alkanes) is 2. The maximum absolute atomic E-state index is 10.1. The van der Waals surface area contributed by atoms with E-state index in [9.17, 15) is 5.26 Å². The van der Waals surface area contributed by atoms with Crippen LogP contribution in [0.4, 0.5) is 0 Å². The lowest BCUT2D eigenvalue weighted by molar-refractivity contribution is 0.146. The first-order valence-corrected chi connectivity index (χ1v) is 11.7. The second kappa shape index (κ2) is 9.77. The molecule has 0 unspecified atom stereocenters. The summed E-state index contributed by atoms with van der Waals surface area (Å²) in [4.78, 5) is 0. The van der Waals surface area contributed by atoms with Gasteiger partial charge in [-0.1, -0.05) is 70.2 Å². The standard InChI is InChI=1S/C26H39N/c1-3-5-6-7-22-10-14-25(15-11-22)26(20-27)18-16-24(17-19-26)23-12-8-21(4-2)9-13-23/h10-11,14-15,21,23-24H,3-9,12-13,16-19H2,1-2H3. The summed E-state index contributed by atoms with van der Waals surface area (Å²) in [6, 6.07) is 11.8. The zero-order valence-electron chi connectivity index (χ0n) is 17.7. The number of hydrogen-bond donors (Lipinski definition) is 0. The van der Waals surface area contributed by atoms with Crippen molar-refractivity contribution in [2.45, 2.75) is 103 Å². The van der Waals surface area contributed by atoms with Gasteiger partial charge in [-0.05, 0) is 80.2 Å². The number of rotatable bonds is 7. The summed E-state index contributed by atoms with van der Waals surface area (Å²) in [5, 5.41) is 10.1. The molecule has 1 nitrogen and oxygen atoms in total. The van der Waals surface area contributed by atoms with E-state index in [1.165, 1.54) is 81.8 Å². The molecule has 0 atom stereocenters. The number of aryl methyl sites for hydroxylation is 1. The Balaban J connectivity index is 1.57. The van der Waals surface area contributed by atoms with Crippen LogP contribution in [-0.4, -0.2) is 0 Å². The zero-order valence-corrected chi connectivity index (χ0v) is 17.7. The third-order valence-corrected chi connectivity index (χ3v) is 7.81. The summed E-state index contributed by atoms with van der Waals surface area (Å²) in [6.07, 6.45) is 16.8. The normalized spacial score (nSPS) is 31.4. The molecule has 1 aromatic rings. The SMILES string of the molecule is CCCCCc1ccc(C2(C#N)CCC(C3CCC(CC)CC3)CC2)cc1. The number of benzene rings is 1. The van der Waals surface area contributed by atoms with Crippen molar-refractivity contribution in [1.82, 2.24) is 0 Å². The Morgan fingerprint density at radius 2 is 1.52 bits per heavy atom. The maximum Gasteiger partial charge on any atom is 0.0822 e. The van der Waals surface area contributed by atoms with Crippen LogP contribution in [0, 0.1) is 29.1 Å². The average molecular weight is 366 g/mol. The van der Waals surface area contributed by atoms with Crippen molar-refractivity contribution in [2.24, 2.45) is 17.8 Å². The Bertz CT molecular complexity index is 592. The van der Waals surface area contributed by atoms with E-state index in [1.807, 2.05) is 0 Å². The van der Waals surface area contributed by atoms with Crippen LogP contribution in [-0.2, 0) is 11.8 Å². The maximum atomic E-state index is 10.1. The third kappa shape index (κ3) is 4.96. The van der Waals surface area contributed by atoms with E-state index in [0.29, 0.717) is 0 Å². The molecule has 0 bridgehead atoms. The highest BCUT2D eigenvalue weighted by molar-refractivity contribution is 5.35. The Hall–Kier alpha value is -1.29. The van der Waals surface area contributed by atoms with E-state index in [4.69, 9.17) is 0 Å². The van der Waals surface area contributed by atoms with Gasteiger partial charge in [0.05, 0.1) is 11.5 Å². The molecule has 27 heavy (non-hydrogen) atoms. The predicted molar refractivity (Wildman–Crippen MR) is 115 cm³/mol. The highest BCUT2D eigenvalue weighted by atomic mass is 14.4. The van der Waals surface area contributed by atoms with E-state index in [0.717, 1.165) is 30.6 Å². The minimum atomic E-state index is -0.223. The van der Waals surface area contributed by atoms with Gasteiger partial charge in [0.25, 0.3) is 0 Å². The zero-order chi connectivity index (χ0) is 19.1. The summed E-state index contributed by atoms with van der Waals surface area (Å²) in [7, 11) is 0. The number of hydrogen-bond acceptors (Lipinski definition) is 1. The molecule has 0 N–H and O–H groups in total. The van der Waals surface area contributed by atoms with E-state index in [2.05, 4.69) is 44.2 Å². The molecular formula is C26H39N. The lowest BCUT2D eigenvalue weighted by Crippen LogP contribution is -2.33. The van der Waals surface area contributed by atoms with Gasteiger partial charge in [-0.15, -0.1) is 0 Å². The number of nitrogens with zero attached hydrogens (tertiary/aromatic N) is 1. The molecule has 1 aromatic carbocycles. The van der Waals surface area contributed by atoms with Crippen LogP contribution in [0.15, 0.2) is 24.3 Å². The first-order valence-electron chi connectivity index (χ1n) is 11.7. The molecule has 0 saturated heterocycles. The molecule has 3 rings (SSSR count). The van der Waals surface area contributed by atoms with Crippen molar-refractivity contribution in [2.75, 3.05) is 0 Å². The molecule has 1 heteroatoms. The van der Waals surface area contributed by atoms with E-state index >= 15 is 0 Å². The first kappa shape index (κ1) is 20.4. The van der Waals surface area contributed by atoms with Gasteiger partial charge in [-0.25, -0.2) is 0 Å². The van der Waals surface area contributed by atoms with Crippen LogP contribution in [0.3, 0.4) is 0 Å². The van der Waals surface area contributed by atoms with E-state index in [-0.39, 0.29) is 5.41 Å². The molecule has 2 saturated carbocycles. The topological polar surface area (TPSA) is 23.8 Å². The Morgan fingerprint density at radius 1 is 0.889 bits per heavy atom. The lowest BCUT2D eigenvalue weighted by atomic mass is 9.63. The summed E-state index contributed by atoms with van der Waals surface area (Å²) in [6.45, 7) is 4.60. The molecule has 148 valence electrons. The molecule has 2 fully saturated rings. The highest BCUT2D eigenvalue weighted by Crippen LogP contribution is 2.47. The van der Waals surface area contributed by atoms with E-state index < -0.39 is 0 Å². The van der Waals surface area contributed by atoms with Gasteiger partial charge in [-0.3, -0.25) is 0 Å². The largest absolute Gasteiger partial charge is 0.197 e. The Morgan fingerprint density at radius 3 is 2.07 bits per heavy atom. The Labute approximate surface area is 167 Å². The van der Waals surface area contributed by atoms with Crippen molar-refractivity contribution >= 4 is 0 Å². The Kier molecular flexibility index (Phi) is 7.40. The molecule has 0 aliphatic heterocycles. The molecule has 0 spiro atoms. The molecule has 0 amide bonds. The highest BCUT2D eigenvalue weighted by Gasteiger charge is 2.39. The van der Waals surface area contributed by atoms with Gasteiger partial charge in [0.2, 0.25) is 0 Å². The first-order chi connectivity index (χ1) is 13.2. The minimum Gasteiger partial charge on any atom is -0.197 e. The minimum absolute atomic E-state index is 0.223. The second-order valence-corrected chi connectivity index (χ2v) is 9.37. The van der Waals surface area contributed by atoms with Crippen molar-refractivity contribution < 1.29 is 0 Å². The molecule has 0 heterocycles. The van der Waals surface area contributed by atoms with Crippen LogP contribution in [0.25, 0.3) is 0 Å². The summed E-state index contributed by atoms with van der Waals surface area (Å²) >= 11 is 0. The fraction of sp³-hybridized carbons (Fsp3) is 0.731. The van der Waals surface area contributed by atoms with Gasteiger partial charge in [0.15, 0.2) is 0 Å². The van der Waals surface area contributed by atoms with Gasteiger partial charge >= 0.3 is 0 Å². The summed E-state index contributed by atoms with van der Waals surface area (Å²) in [5.74, 6) is 2.79. The molecule has 0 aromatic heterocycles. The van der Waals surface area contributed by atoms with Crippen molar-refractivity contribution in [1.29, 1.82) is 5.26 Å².